The molecule has 0 spiro atoms. The fourth-order valence-corrected chi connectivity index (χ4v) is 4.90. The molecule has 2 fully saturated rings. The highest BCUT2D eigenvalue weighted by molar-refractivity contribution is 8.01. The Morgan fingerprint density at radius 3 is 2.92 bits per heavy atom. The predicted octanol–water partition coefficient (Wildman–Crippen LogP) is 0.506. The zero-order valence-electron chi connectivity index (χ0n) is 13.4. The number of esters is 1. The molecule has 1 aromatic heterocycles. The SMILES string of the molecule is C[C@@]12CCC(=O)N1[C@H](C(=O)OCC(=O)NNC(=O)c1cccs1)CS2. The summed E-state index contributed by atoms with van der Waals surface area (Å²) < 4.78 is 5.01. The number of hydrogen-bond acceptors (Lipinski definition) is 7. The Labute approximate surface area is 152 Å². The van der Waals surface area contributed by atoms with Crippen molar-refractivity contribution in [3.8, 4) is 0 Å². The van der Waals surface area contributed by atoms with E-state index in [0.717, 1.165) is 0 Å². The summed E-state index contributed by atoms with van der Waals surface area (Å²) >= 11 is 2.79. The van der Waals surface area contributed by atoms with Crippen LogP contribution in [0.5, 0.6) is 0 Å². The average molecular weight is 383 g/mol. The zero-order chi connectivity index (χ0) is 18.0. The van der Waals surface area contributed by atoms with Gasteiger partial charge >= 0.3 is 5.97 Å². The van der Waals surface area contributed by atoms with Crippen molar-refractivity contribution in [1.29, 1.82) is 0 Å². The number of amides is 3. The maximum absolute atomic E-state index is 12.2. The monoisotopic (exact) mass is 383 g/mol. The molecule has 0 bridgehead atoms. The molecule has 0 aromatic carbocycles. The van der Waals surface area contributed by atoms with Crippen LogP contribution in [0.2, 0.25) is 0 Å². The summed E-state index contributed by atoms with van der Waals surface area (Å²) in [6.45, 7) is 1.41. The summed E-state index contributed by atoms with van der Waals surface area (Å²) in [5.74, 6) is -1.31. The van der Waals surface area contributed by atoms with Crippen molar-refractivity contribution < 1.29 is 23.9 Å². The number of hydrazine groups is 1. The van der Waals surface area contributed by atoms with Gasteiger partial charge in [0.15, 0.2) is 6.61 Å². The van der Waals surface area contributed by atoms with E-state index < -0.39 is 30.4 Å². The number of nitrogens with zero attached hydrogens (tertiary/aromatic N) is 1. The molecule has 10 heteroatoms. The summed E-state index contributed by atoms with van der Waals surface area (Å²) in [4.78, 5) is 49.2. The molecule has 0 aliphatic carbocycles. The largest absolute Gasteiger partial charge is 0.454 e. The molecule has 2 aliphatic heterocycles. The molecule has 2 aliphatic rings. The van der Waals surface area contributed by atoms with E-state index >= 15 is 0 Å². The van der Waals surface area contributed by atoms with E-state index in [0.29, 0.717) is 23.5 Å². The Kier molecular flexibility index (Phi) is 5.00. The van der Waals surface area contributed by atoms with Gasteiger partial charge in [-0.1, -0.05) is 6.07 Å². The Bertz CT molecular complexity index is 708. The molecule has 0 unspecified atom stereocenters. The van der Waals surface area contributed by atoms with Crippen LogP contribution in [0.1, 0.15) is 29.4 Å². The van der Waals surface area contributed by atoms with Gasteiger partial charge in [0.2, 0.25) is 5.91 Å². The van der Waals surface area contributed by atoms with E-state index in [9.17, 15) is 19.2 Å². The first kappa shape index (κ1) is 17.7. The predicted molar refractivity (Wildman–Crippen MR) is 91.6 cm³/mol. The molecule has 134 valence electrons. The molecule has 2 N–H and O–H groups in total. The minimum Gasteiger partial charge on any atom is -0.454 e. The maximum Gasteiger partial charge on any atom is 0.330 e. The van der Waals surface area contributed by atoms with Crippen molar-refractivity contribution in [2.75, 3.05) is 12.4 Å². The number of carbonyl (C=O) groups excluding carboxylic acids is 4. The standard InChI is InChI=1S/C15H17N3O5S2/c1-15-5-4-12(20)18(15)9(8-25-15)14(22)23-7-11(19)16-17-13(21)10-3-2-6-24-10/h2-3,6,9H,4-5,7-8H2,1H3,(H,16,19)(H,17,21)/t9-,15+/m0/s1. The first-order valence-corrected chi connectivity index (χ1v) is 9.53. The number of carbonyl (C=O) groups is 4. The average Bonchev–Trinajstić information content (AvgIpc) is 3.29. The first-order chi connectivity index (χ1) is 11.9. The fraction of sp³-hybridized carbons (Fsp3) is 0.467. The molecule has 25 heavy (non-hydrogen) atoms. The van der Waals surface area contributed by atoms with Crippen LogP contribution in [-0.2, 0) is 19.1 Å². The highest BCUT2D eigenvalue weighted by Crippen LogP contribution is 2.47. The second kappa shape index (κ2) is 7.04. The molecule has 3 rings (SSSR count). The van der Waals surface area contributed by atoms with Gasteiger partial charge in [0.1, 0.15) is 6.04 Å². The summed E-state index contributed by atoms with van der Waals surface area (Å²) in [6.07, 6.45) is 1.12. The zero-order valence-corrected chi connectivity index (χ0v) is 15.1. The van der Waals surface area contributed by atoms with Crippen LogP contribution in [-0.4, -0.2) is 51.9 Å². The summed E-state index contributed by atoms with van der Waals surface area (Å²) in [5.41, 5.74) is 4.42. The first-order valence-electron chi connectivity index (χ1n) is 7.66. The maximum atomic E-state index is 12.2. The quantitative estimate of drug-likeness (QED) is 0.580. The van der Waals surface area contributed by atoms with Gasteiger partial charge in [-0.3, -0.25) is 25.2 Å². The lowest BCUT2D eigenvalue weighted by molar-refractivity contribution is -0.156. The molecule has 3 heterocycles. The minimum absolute atomic E-state index is 0.0675. The highest BCUT2D eigenvalue weighted by Gasteiger charge is 2.53. The Hall–Kier alpha value is -2.07. The van der Waals surface area contributed by atoms with Crippen molar-refractivity contribution in [3.63, 3.8) is 0 Å². The molecule has 1 aromatic rings. The third kappa shape index (κ3) is 3.64. The van der Waals surface area contributed by atoms with Crippen molar-refractivity contribution in [2.24, 2.45) is 0 Å². The normalized spacial score (nSPS) is 24.8. The molecule has 3 amide bonds. The number of thiophene rings is 1. The van der Waals surface area contributed by atoms with Gasteiger partial charge in [-0.2, -0.15) is 0 Å². The Balaban J connectivity index is 1.45. The molecule has 0 radical (unpaired) electrons. The number of fused-ring (bicyclic) bond motifs is 1. The molecule has 8 nitrogen and oxygen atoms in total. The van der Waals surface area contributed by atoms with Gasteiger partial charge in [-0.25, -0.2) is 4.79 Å². The summed E-state index contributed by atoms with van der Waals surface area (Å²) in [7, 11) is 0. The van der Waals surface area contributed by atoms with Crippen LogP contribution >= 0.6 is 23.1 Å². The van der Waals surface area contributed by atoms with Crippen LogP contribution in [0.15, 0.2) is 17.5 Å². The van der Waals surface area contributed by atoms with Crippen LogP contribution in [0.3, 0.4) is 0 Å². The van der Waals surface area contributed by atoms with E-state index in [-0.39, 0.29) is 10.8 Å². The molecule has 0 saturated carbocycles. The van der Waals surface area contributed by atoms with Crippen LogP contribution in [0, 0.1) is 0 Å². The number of ether oxygens (including phenoxy) is 1. The lowest BCUT2D eigenvalue weighted by atomic mass is 10.2. The van der Waals surface area contributed by atoms with E-state index in [4.69, 9.17) is 4.74 Å². The van der Waals surface area contributed by atoms with Gasteiger partial charge < -0.3 is 9.64 Å². The Morgan fingerprint density at radius 2 is 2.20 bits per heavy atom. The van der Waals surface area contributed by atoms with Gasteiger partial charge in [0.05, 0.1) is 9.75 Å². The third-order valence-corrected chi connectivity index (χ3v) is 6.50. The molecule has 2 saturated heterocycles. The number of rotatable bonds is 4. The topological polar surface area (TPSA) is 105 Å². The molecular weight excluding hydrogens is 366 g/mol. The third-order valence-electron chi connectivity index (χ3n) is 4.12. The van der Waals surface area contributed by atoms with Crippen LogP contribution in [0.25, 0.3) is 0 Å². The van der Waals surface area contributed by atoms with E-state index in [1.165, 1.54) is 11.3 Å². The summed E-state index contributed by atoms with van der Waals surface area (Å²) in [5, 5.41) is 1.74. The Morgan fingerprint density at radius 1 is 1.40 bits per heavy atom. The van der Waals surface area contributed by atoms with Gasteiger partial charge in [0, 0.05) is 12.2 Å². The number of hydrogen-bond donors (Lipinski definition) is 2. The molecule has 2 atom stereocenters. The van der Waals surface area contributed by atoms with Gasteiger partial charge in [-0.15, -0.1) is 23.1 Å². The van der Waals surface area contributed by atoms with E-state index in [1.807, 2.05) is 6.92 Å². The smallest absolute Gasteiger partial charge is 0.330 e. The lowest BCUT2D eigenvalue weighted by Crippen LogP contribution is -2.48. The fourth-order valence-electron chi connectivity index (χ4n) is 2.86. The van der Waals surface area contributed by atoms with E-state index in [2.05, 4.69) is 10.9 Å². The van der Waals surface area contributed by atoms with Crippen molar-refractivity contribution in [2.45, 2.75) is 30.7 Å². The van der Waals surface area contributed by atoms with Crippen molar-refractivity contribution in [1.82, 2.24) is 15.8 Å². The van der Waals surface area contributed by atoms with Crippen molar-refractivity contribution >= 4 is 46.8 Å². The summed E-state index contributed by atoms with van der Waals surface area (Å²) in [6, 6.07) is 2.67. The number of thioether (sulfide) groups is 1. The number of nitrogens with one attached hydrogen (secondary N) is 2. The van der Waals surface area contributed by atoms with Gasteiger partial charge in [0.25, 0.3) is 11.8 Å². The van der Waals surface area contributed by atoms with Crippen LogP contribution in [0.4, 0.5) is 0 Å². The molecular formula is C15H17N3O5S2. The second-order valence-corrected chi connectivity index (χ2v) is 8.30. The van der Waals surface area contributed by atoms with E-state index in [1.54, 1.807) is 34.2 Å². The van der Waals surface area contributed by atoms with Gasteiger partial charge in [-0.05, 0) is 24.8 Å². The highest BCUT2D eigenvalue weighted by atomic mass is 32.2. The lowest BCUT2D eigenvalue weighted by Gasteiger charge is -2.29. The second-order valence-electron chi connectivity index (χ2n) is 5.85. The van der Waals surface area contributed by atoms with Crippen molar-refractivity contribution in [3.05, 3.63) is 22.4 Å². The van der Waals surface area contributed by atoms with Crippen LogP contribution < -0.4 is 10.9 Å². The minimum atomic E-state index is -0.668.